The van der Waals surface area contributed by atoms with Crippen LogP contribution in [0, 0.1) is 5.92 Å². The van der Waals surface area contributed by atoms with Crippen LogP contribution in [0.4, 0.5) is 5.69 Å². The van der Waals surface area contributed by atoms with Crippen LogP contribution in [0.5, 0.6) is 5.75 Å². The summed E-state index contributed by atoms with van der Waals surface area (Å²) in [6, 6.07) is 3.96. The van der Waals surface area contributed by atoms with Gasteiger partial charge in [0.05, 0.1) is 5.69 Å². The van der Waals surface area contributed by atoms with Crippen LogP contribution in [0.3, 0.4) is 0 Å². The zero-order chi connectivity index (χ0) is 15.6. The van der Waals surface area contributed by atoms with Gasteiger partial charge in [-0.1, -0.05) is 25.4 Å². The molecule has 0 aromatic heterocycles. The molecule has 1 atom stereocenters. The Kier molecular flexibility index (Phi) is 4.73. The van der Waals surface area contributed by atoms with Crippen LogP contribution in [0.25, 0.3) is 0 Å². The predicted octanol–water partition coefficient (Wildman–Crippen LogP) is 2.63. The Bertz CT molecular complexity index is 560. The van der Waals surface area contributed by atoms with Crippen LogP contribution in [0.2, 0.25) is 5.02 Å². The fourth-order valence-corrected chi connectivity index (χ4v) is 2.75. The van der Waals surface area contributed by atoms with Crippen LogP contribution in [0.15, 0.2) is 18.2 Å². The molecule has 21 heavy (non-hydrogen) atoms. The molecule has 5 nitrogen and oxygen atoms in total. The van der Waals surface area contributed by atoms with Crippen LogP contribution in [0.1, 0.15) is 26.7 Å². The maximum atomic E-state index is 12.5. The highest BCUT2D eigenvalue weighted by Gasteiger charge is 2.35. The SMILES string of the molecule is CC(C)[C@H](C(=O)Nc1ccc(Cl)cc1O)N1CCCC1=O. The van der Waals surface area contributed by atoms with Crippen LogP contribution >= 0.6 is 11.6 Å². The number of nitrogens with one attached hydrogen (secondary N) is 1. The molecule has 1 aromatic carbocycles. The maximum Gasteiger partial charge on any atom is 0.247 e. The molecule has 0 unspecified atom stereocenters. The Morgan fingerprint density at radius 3 is 2.67 bits per heavy atom. The molecular formula is C15H19ClN2O3. The fraction of sp³-hybridized carbons (Fsp3) is 0.467. The number of rotatable bonds is 4. The lowest BCUT2D eigenvalue weighted by Gasteiger charge is -2.29. The zero-order valence-electron chi connectivity index (χ0n) is 12.1. The minimum atomic E-state index is -0.532. The summed E-state index contributed by atoms with van der Waals surface area (Å²) in [4.78, 5) is 26.0. The number of hydrogen-bond donors (Lipinski definition) is 2. The summed E-state index contributed by atoms with van der Waals surface area (Å²) >= 11 is 5.76. The normalized spacial score (nSPS) is 16.4. The lowest BCUT2D eigenvalue weighted by atomic mass is 10.0. The van der Waals surface area contributed by atoms with E-state index in [1.807, 2.05) is 13.8 Å². The molecule has 2 rings (SSSR count). The number of anilines is 1. The van der Waals surface area contributed by atoms with E-state index in [1.54, 1.807) is 17.0 Å². The van der Waals surface area contributed by atoms with Crippen molar-refractivity contribution < 1.29 is 14.7 Å². The number of halogens is 1. The molecule has 0 saturated carbocycles. The predicted molar refractivity (Wildman–Crippen MR) is 81.3 cm³/mol. The molecule has 1 aliphatic heterocycles. The topological polar surface area (TPSA) is 69.6 Å². The molecule has 1 saturated heterocycles. The second-order valence-electron chi connectivity index (χ2n) is 5.53. The number of carbonyl (C=O) groups is 2. The van der Waals surface area contributed by atoms with Crippen molar-refractivity contribution in [1.29, 1.82) is 0 Å². The quantitative estimate of drug-likeness (QED) is 0.840. The minimum absolute atomic E-state index is 0.00387. The molecule has 0 aliphatic carbocycles. The van der Waals surface area contributed by atoms with Crippen molar-refractivity contribution in [2.45, 2.75) is 32.7 Å². The third kappa shape index (κ3) is 3.47. The number of likely N-dealkylation sites (tertiary alicyclic amines) is 1. The highest BCUT2D eigenvalue weighted by Crippen LogP contribution is 2.28. The first-order chi connectivity index (χ1) is 9.90. The van der Waals surface area contributed by atoms with Gasteiger partial charge in [-0.25, -0.2) is 0 Å². The third-order valence-electron chi connectivity index (χ3n) is 3.56. The van der Waals surface area contributed by atoms with Gasteiger partial charge in [-0.15, -0.1) is 0 Å². The summed E-state index contributed by atoms with van der Waals surface area (Å²) in [6.45, 7) is 4.40. The second kappa shape index (κ2) is 6.35. The van der Waals surface area contributed by atoms with Gasteiger partial charge in [0, 0.05) is 24.1 Å². The van der Waals surface area contributed by atoms with Gasteiger partial charge < -0.3 is 15.3 Å². The van der Waals surface area contributed by atoms with Crippen molar-refractivity contribution >= 4 is 29.1 Å². The maximum absolute atomic E-state index is 12.5. The molecule has 1 aliphatic rings. The Balaban J connectivity index is 2.17. The van der Waals surface area contributed by atoms with E-state index in [0.29, 0.717) is 23.7 Å². The van der Waals surface area contributed by atoms with Gasteiger partial charge in [-0.05, 0) is 24.5 Å². The van der Waals surface area contributed by atoms with E-state index in [0.717, 1.165) is 6.42 Å². The first-order valence-electron chi connectivity index (χ1n) is 6.99. The van der Waals surface area contributed by atoms with E-state index < -0.39 is 6.04 Å². The molecule has 1 heterocycles. The second-order valence-corrected chi connectivity index (χ2v) is 5.97. The minimum Gasteiger partial charge on any atom is -0.506 e. The van der Waals surface area contributed by atoms with Crippen molar-refractivity contribution in [3.05, 3.63) is 23.2 Å². The van der Waals surface area contributed by atoms with Crippen molar-refractivity contribution in [1.82, 2.24) is 4.90 Å². The molecule has 0 bridgehead atoms. The highest BCUT2D eigenvalue weighted by atomic mass is 35.5. The van der Waals surface area contributed by atoms with Crippen LogP contribution in [-0.2, 0) is 9.59 Å². The average molecular weight is 311 g/mol. The summed E-state index contributed by atoms with van der Waals surface area (Å²) in [5.74, 6) is -0.394. The molecule has 2 amide bonds. The largest absolute Gasteiger partial charge is 0.506 e. The first kappa shape index (κ1) is 15.6. The van der Waals surface area contributed by atoms with Gasteiger partial charge in [0.25, 0.3) is 0 Å². The van der Waals surface area contributed by atoms with E-state index in [-0.39, 0.29) is 23.5 Å². The van der Waals surface area contributed by atoms with E-state index in [1.165, 1.54) is 6.07 Å². The lowest BCUT2D eigenvalue weighted by molar-refractivity contribution is -0.136. The van der Waals surface area contributed by atoms with Gasteiger partial charge in [0.1, 0.15) is 11.8 Å². The number of hydrogen-bond acceptors (Lipinski definition) is 3. The number of benzene rings is 1. The van der Waals surface area contributed by atoms with E-state index in [2.05, 4.69) is 5.32 Å². The molecule has 0 radical (unpaired) electrons. The first-order valence-corrected chi connectivity index (χ1v) is 7.37. The highest BCUT2D eigenvalue weighted by molar-refractivity contribution is 6.30. The summed E-state index contributed by atoms with van der Waals surface area (Å²) in [7, 11) is 0. The Morgan fingerprint density at radius 1 is 1.43 bits per heavy atom. The number of aromatic hydroxyl groups is 1. The number of carbonyl (C=O) groups excluding carboxylic acids is 2. The number of phenols is 1. The van der Waals surface area contributed by atoms with Gasteiger partial charge >= 0.3 is 0 Å². The Morgan fingerprint density at radius 2 is 2.14 bits per heavy atom. The van der Waals surface area contributed by atoms with E-state index in [4.69, 9.17) is 11.6 Å². The average Bonchev–Trinajstić information content (AvgIpc) is 2.79. The summed E-state index contributed by atoms with van der Waals surface area (Å²) < 4.78 is 0. The smallest absolute Gasteiger partial charge is 0.247 e. The van der Waals surface area contributed by atoms with Gasteiger partial charge in [-0.3, -0.25) is 9.59 Å². The number of nitrogens with zero attached hydrogens (tertiary/aromatic N) is 1. The summed E-state index contributed by atoms with van der Waals surface area (Å²) in [6.07, 6.45) is 1.27. The van der Waals surface area contributed by atoms with Crippen LogP contribution < -0.4 is 5.32 Å². The van der Waals surface area contributed by atoms with Crippen molar-refractivity contribution in [3.8, 4) is 5.75 Å². The molecule has 0 spiro atoms. The van der Waals surface area contributed by atoms with Gasteiger partial charge in [0.2, 0.25) is 11.8 Å². The molecule has 1 aromatic rings. The van der Waals surface area contributed by atoms with Crippen molar-refractivity contribution in [3.63, 3.8) is 0 Å². The molecule has 114 valence electrons. The van der Waals surface area contributed by atoms with Crippen molar-refractivity contribution in [2.75, 3.05) is 11.9 Å². The summed E-state index contributed by atoms with van der Waals surface area (Å²) in [5.41, 5.74) is 0.293. The zero-order valence-corrected chi connectivity index (χ0v) is 12.9. The lowest BCUT2D eigenvalue weighted by Crippen LogP contribution is -2.47. The third-order valence-corrected chi connectivity index (χ3v) is 3.80. The van der Waals surface area contributed by atoms with E-state index >= 15 is 0 Å². The van der Waals surface area contributed by atoms with Crippen LogP contribution in [-0.4, -0.2) is 34.4 Å². The van der Waals surface area contributed by atoms with E-state index in [9.17, 15) is 14.7 Å². The summed E-state index contributed by atoms with van der Waals surface area (Å²) in [5, 5.41) is 12.9. The fourth-order valence-electron chi connectivity index (χ4n) is 2.58. The molecular weight excluding hydrogens is 292 g/mol. The monoisotopic (exact) mass is 310 g/mol. The van der Waals surface area contributed by atoms with Crippen molar-refractivity contribution in [2.24, 2.45) is 5.92 Å². The number of amides is 2. The van der Waals surface area contributed by atoms with Gasteiger partial charge in [0.15, 0.2) is 0 Å². The molecule has 6 heteroatoms. The standard InChI is InChI=1S/C15H19ClN2O3/c1-9(2)14(18-7-3-4-13(18)20)15(21)17-11-6-5-10(16)8-12(11)19/h5-6,8-9,14,19H,3-4,7H2,1-2H3,(H,17,21)/t14-/m1/s1. The molecule has 1 fully saturated rings. The Labute approximate surface area is 128 Å². The Hall–Kier alpha value is -1.75. The molecule has 2 N–H and O–H groups in total. The van der Waals surface area contributed by atoms with Gasteiger partial charge in [-0.2, -0.15) is 0 Å². The number of phenolic OH excluding ortho intramolecular Hbond substituents is 1.